The molecule has 0 aliphatic rings. The first-order valence-electron chi connectivity index (χ1n) is 7.77. The minimum atomic E-state index is -0.541. The molecule has 23 heavy (non-hydrogen) atoms. The lowest BCUT2D eigenvalue weighted by Crippen LogP contribution is -2.47. The van der Waals surface area contributed by atoms with Crippen LogP contribution in [0, 0.1) is 17.2 Å². The van der Waals surface area contributed by atoms with Crippen LogP contribution in [0.3, 0.4) is 0 Å². The van der Waals surface area contributed by atoms with E-state index in [1.165, 1.54) is 6.20 Å². The van der Waals surface area contributed by atoms with Gasteiger partial charge in [0.15, 0.2) is 5.82 Å². The summed E-state index contributed by atoms with van der Waals surface area (Å²) in [6.45, 7) is 10.4. The molecular weight excluding hydrogens is 294 g/mol. The first-order valence-corrected chi connectivity index (χ1v) is 7.77. The summed E-state index contributed by atoms with van der Waals surface area (Å²) in [6.07, 6.45) is 2.65. The number of carbonyl (C=O) groups is 1. The number of hydrazine groups is 1. The van der Waals surface area contributed by atoms with Gasteiger partial charge in [0.25, 0.3) is 0 Å². The van der Waals surface area contributed by atoms with Crippen LogP contribution in [0.15, 0.2) is 12.3 Å². The third kappa shape index (κ3) is 6.51. The molecule has 0 aliphatic heterocycles. The Labute approximate surface area is 137 Å². The van der Waals surface area contributed by atoms with Crippen molar-refractivity contribution in [3.63, 3.8) is 0 Å². The van der Waals surface area contributed by atoms with Crippen molar-refractivity contribution in [2.45, 2.75) is 53.1 Å². The highest BCUT2D eigenvalue weighted by molar-refractivity contribution is 5.70. The van der Waals surface area contributed by atoms with E-state index >= 15 is 0 Å². The van der Waals surface area contributed by atoms with Crippen LogP contribution in [0.5, 0.6) is 0 Å². The molecule has 1 amide bonds. The summed E-state index contributed by atoms with van der Waals surface area (Å²) in [5, 5.41) is 10.5. The lowest BCUT2D eigenvalue weighted by atomic mass is 10.0. The summed E-state index contributed by atoms with van der Waals surface area (Å²) in [7, 11) is 0. The predicted molar refractivity (Wildman–Crippen MR) is 87.5 cm³/mol. The highest BCUT2D eigenvalue weighted by Gasteiger charge is 2.23. The fourth-order valence-corrected chi connectivity index (χ4v) is 2.15. The third-order valence-corrected chi connectivity index (χ3v) is 3.01. The highest BCUT2D eigenvalue weighted by atomic mass is 16.6. The van der Waals surface area contributed by atoms with Crippen LogP contribution in [0.4, 0.5) is 10.6 Å². The maximum absolute atomic E-state index is 12.2. The second-order valence-electron chi connectivity index (χ2n) is 6.37. The second-order valence-corrected chi connectivity index (χ2v) is 6.37. The zero-order valence-corrected chi connectivity index (χ0v) is 14.5. The smallest absolute Gasteiger partial charge is 0.426 e. The lowest BCUT2D eigenvalue weighted by Gasteiger charge is -2.29. The number of rotatable bonds is 7. The van der Waals surface area contributed by atoms with Gasteiger partial charge in [0.05, 0.1) is 0 Å². The second kappa shape index (κ2) is 8.32. The number of amides is 1. The third-order valence-electron chi connectivity index (χ3n) is 3.01. The van der Waals surface area contributed by atoms with E-state index in [4.69, 9.17) is 10.00 Å². The van der Waals surface area contributed by atoms with Crippen molar-refractivity contribution in [1.29, 1.82) is 5.26 Å². The molecule has 0 saturated carbocycles. The minimum absolute atomic E-state index is 0.0535. The van der Waals surface area contributed by atoms with Gasteiger partial charge in [-0.3, -0.25) is 5.01 Å². The van der Waals surface area contributed by atoms with E-state index in [0.29, 0.717) is 12.4 Å². The molecule has 126 valence electrons. The average molecular weight is 319 g/mol. The van der Waals surface area contributed by atoms with Gasteiger partial charge in [-0.25, -0.2) is 15.2 Å². The fourth-order valence-electron chi connectivity index (χ4n) is 2.15. The maximum atomic E-state index is 12.2. The van der Waals surface area contributed by atoms with E-state index in [-0.39, 0.29) is 11.7 Å². The number of nitriles is 1. The van der Waals surface area contributed by atoms with Crippen LogP contribution in [-0.2, 0) is 4.74 Å². The number of anilines is 1. The van der Waals surface area contributed by atoms with E-state index in [0.717, 1.165) is 12.8 Å². The molecule has 0 saturated heterocycles. The Kier molecular flexibility index (Phi) is 6.76. The van der Waals surface area contributed by atoms with Crippen molar-refractivity contribution in [2.75, 3.05) is 11.6 Å². The number of carbonyl (C=O) groups excluding carboxylic acids is 1. The van der Waals surface area contributed by atoms with Crippen molar-refractivity contribution in [2.24, 2.45) is 5.92 Å². The number of nitrogens with one attached hydrogen (secondary N) is 1. The molecule has 0 unspecified atom stereocenters. The van der Waals surface area contributed by atoms with Gasteiger partial charge < -0.3 is 4.74 Å². The molecule has 7 heteroatoms. The van der Waals surface area contributed by atoms with Gasteiger partial charge in [-0.05, 0) is 26.2 Å². The summed E-state index contributed by atoms with van der Waals surface area (Å²) in [4.78, 5) is 20.1. The van der Waals surface area contributed by atoms with Gasteiger partial charge in [0.2, 0.25) is 5.82 Å². The zero-order valence-electron chi connectivity index (χ0n) is 14.5. The quantitative estimate of drug-likeness (QED) is 0.777. The molecule has 0 aliphatic carbocycles. The molecular formula is C16H25N5O2. The zero-order chi connectivity index (χ0) is 17.5. The predicted octanol–water partition coefficient (Wildman–Crippen LogP) is 3.03. The average Bonchev–Trinajstić information content (AvgIpc) is 2.45. The Morgan fingerprint density at radius 3 is 2.78 bits per heavy atom. The molecule has 7 nitrogen and oxygen atoms in total. The van der Waals surface area contributed by atoms with Gasteiger partial charge in [0.1, 0.15) is 11.7 Å². The summed E-state index contributed by atoms with van der Waals surface area (Å²) >= 11 is 0. The Hall–Kier alpha value is -2.36. The summed E-state index contributed by atoms with van der Waals surface area (Å²) in [6, 6.07) is 3.53. The summed E-state index contributed by atoms with van der Waals surface area (Å²) in [5.74, 6) is 0.785. The van der Waals surface area contributed by atoms with Gasteiger partial charge in [0, 0.05) is 18.8 Å². The number of nitrogens with zero attached hydrogens (tertiary/aromatic N) is 4. The van der Waals surface area contributed by atoms with Crippen LogP contribution in [-0.4, -0.2) is 28.2 Å². The number of aromatic nitrogens is 2. The lowest BCUT2D eigenvalue weighted by molar-refractivity contribution is 0.0316. The topological polar surface area (TPSA) is 91.1 Å². The molecule has 0 bridgehead atoms. The van der Waals surface area contributed by atoms with Crippen molar-refractivity contribution in [3.8, 4) is 6.07 Å². The summed E-state index contributed by atoms with van der Waals surface area (Å²) in [5.41, 5.74) is 2.17. The van der Waals surface area contributed by atoms with Crippen LogP contribution < -0.4 is 10.4 Å². The van der Waals surface area contributed by atoms with Crippen molar-refractivity contribution in [1.82, 2.24) is 15.4 Å². The molecule has 0 aromatic carbocycles. The number of hydrogen-bond donors (Lipinski definition) is 1. The van der Waals surface area contributed by atoms with Gasteiger partial charge >= 0.3 is 6.09 Å². The highest BCUT2D eigenvalue weighted by Crippen LogP contribution is 2.17. The summed E-state index contributed by atoms with van der Waals surface area (Å²) < 4.78 is 5.47. The molecule has 1 aromatic rings. The van der Waals surface area contributed by atoms with E-state index in [1.807, 2.05) is 40.7 Å². The van der Waals surface area contributed by atoms with Crippen LogP contribution in [0.25, 0.3) is 0 Å². The van der Waals surface area contributed by atoms with E-state index < -0.39 is 11.7 Å². The first kappa shape index (κ1) is 18.7. The Morgan fingerprint density at radius 1 is 1.52 bits per heavy atom. The molecule has 1 N–H and O–H groups in total. The Morgan fingerprint density at radius 2 is 2.22 bits per heavy atom. The Balaban J connectivity index is 2.86. The Bertz CT molecular complexity index is 566. The largest absolute Gasteiger partial charge is 0.442 e. The van der Waals surface area contributed by atoms with Gasteiger partial charge in [-0.15, -0.1) is 0 Å². The van der Waals surface area contributed by atoms with E-state index in [1.54, 1.807) is 11.1 Å². The van der Waals surface area contributed by atoms with E-state index in [2.05, 4.69) is 15.4 Å². The number of ether oxygens (including phenoxy) is 1. The standard InChI is InChI=1S/C16H25N5O2/c1-6-8-16(4,5)23-15(22)20-21(11-12(2)3)14-7-9-18-13(10-17)19-14/h7,9,12H,6,8,11H2,1-5H3,(H,20,22). The molecule has 1 rings (SSSR count). The molecule has 0 atom stereocenters. The van der Waals surface area contributed by atoms with Crippen LogP contribution >= 0.6 is 0 Å². The normalized spacial score (nSPS) is 11.0. The van der Waals surface area contributed by atoms with E-state index in [9.17, 15) is 4.79 Å². The van der Waals surface area contributed by atoms with Crippen molar-refractivity contribution >= 4 is 11.9 Å². The monoisotopic (exact) mass is 319 g/mol. The molecule has 0 radical (unpaired) electrons. The van der Waals surface area contributed by atoms with Gasteiger partial charge in [-0.2, -0.15) is 10.2 Å². The van der Waals surface area contributed by atoms with Crippen LogP contribution in [0.1, 0.15) is 53.3 Å². The van der Waals surface area contributed by atoms with Crippen molar-refractivity contribution < 1.29 is 9.53 Å². The molecule has 1 heterocycles. The SMILES string of the molecule is CCCC(C)(C)OC(=O)NN(CC(C)C)c1ccnc(C#N)n1. The van der Waals surface area contributed by atoms with Crippen molar-refractivity contribution in [3.05, 3.63) is 18.1 Å². The first-order chi connectivity index (χ1) is 10.8. The maximum Gasteiger partial charge on any atom is 0.426 e. The molecule has 0 fully saturated rings. The fraction of sp³-hybridized carbons (Fsp3) is 0.625. The van der Waals surface area contributed by atoms with Gasteiger partial charge in [-0.1, -0.05) is 27.2 Å². The number of hydrogen-bond acceptors (Lipinski definition) is 6. The minimum Gasteiger partial charge on any atom is -0.442 e. The van der Waals surface area contributed by atoms with Crippen LogP contribution in [0.2, 0.25) is 0 Å². The molecule has 1 aromatic heterocycles. The molecule has 0 spiro atoms.